The Morgan fingerprint density at radius 1 is 1.45 bits per heavy atom. The third-order valence-electron chi connectivity index (χ3n) is 3.19. The molecule has 0 fully saturated rings. The van der Waals surface area contributed by atoms with Crippen LogP contribution in [0, 0.1) is 13.8 Å². The quantitative estimate of drug-likeness (QED) is 0.872. The lowest BCUT2D eigenvalue weighted by atomic mass is 10.2. The molecule has 0 saturated carbocycles. The topological polar surface area (TPSA) is 90.0 Å². The number of fused-ring (bicyclic) bond motifs is 1. The van der Waals surface area contributed by atoms with E-state index in [1.54, 1.807) is 18.4 Å². The summed E-state index contributed by atoms with van der Waals surface area (Å²) in [5.41, 5.74) is 5.98. The molecule has 6 nitrogen and oxygen atoms in total. The molecule has 0 saturated heterocycles. The van der Waals surface area contributed by atoms with Crippen LogP contribution in [0.1, 0.15) is 28.0 Å². The summed E-state index contributed by atoms with van der Waals surface area (Å²) >= 11 is 1.25. The fraction of sp³-hybridized carbons (Fsp3) is 0.462. The van der Waals surface area contributed by atoms with Crippen LogP contribution in [-0.2, 0) is 6.54 Å². The smallest absolute Gasteiger partial charge is 0.262 e. The minimum absolute atomic E-state index is 0.0818. The number of carbonyl (C=O) groups is 1. The van der Waals surface area contributed by atoms with E-state index in [0.29, 0.717) is 46.1 Å². The fourth-order valence-corrected chi connectivity index (χ4v) is 3.31. The summed E-state index contributed by atoms with van der Waals surface area (Å²) in [6.45, 7) is 6.85. The van der Waals surface area contributed by atoms with Gasteiger partial charge in [0.25, 0.3) is 11.5 Å². The Kier molecular flexibility index (Phi) is 4.20. The summed E-state index contributed by atoms with van der Waals surface area (Å²) in [7, 11) is 0. The van der Waals surface area contributed by atoms with E-state index in [4.69, 9.17) is 5.73 Å². The average Bonchev–Trinajstić information content (AvgIpc) is 2.73. The Bertz CT molecular complexity index is 717. The molecule has 0 aliphatic carbocycles. The number of rotatable bonds is 4. The fourth-order valence-electron chi connectivity index (χ4n) is 2.17. The third-order valence-corrected chi connectivity index (χ3v) is 4.38. The van der Waals surface area contributed by atoms with Crippen molar-refractivity contribution in [2.75, 3.05) is 13.1 Å². The molecule has 1 amide bonds. The van der Waals surface area contributed by atoms with Crippen molar-refractivity contribution in [1.29, 1.82) is 0 Å². The van der Waals surface area contributed by atoms with E-state index < -0.39 is 0 Å². The van der Waals surface area contributed by atoms with Crippen LogP contribution in [0.15, 0.2) is 4.79 Å². The lowest BCUT2D eigenvalue weighted by Crippen LogP contribution is -2.28. The van der Waals surface area contributed by atoms with Crippen LogP contribution in [0.25, 0.3) is 10.2 Å². The van der Waals surface area contributed by atoms with Gasteiger partial charge in [-0.1, -0.05) is 0 Å². The molecule has 0 aliphatic rings. The molecule has 7 heteroatoms. The highest BCUT2D eigenvalue weighted by atomic mass is 32.1. The molecule has 20 heavy (non-hydrogen) atoms. The number of hydrogen-bond acceptors (Lipinski definition) is 5. The second kappa shape index (κ2) is 5.72. The summed E-state index contributed by atoms with van der Waals surface area (Å²) in [6, 6.07) is 0. The van der Waals surface area contributed by atoms with E-state index in [9.17, 15) is 9.59 Å². The molecule has 0 bridgehead atoms. The number of aromatic nitrogens is 2. The van der Waals surface area contributed by atoms with E-state index in [-0.39, 0.29) is 11.5 Å². The maximum Gasteiger partial charge on any atom is 0.262 e. The number of amides is 1. The number of carbonyl (C=O) groups excluding carboxylic acids is 1. The molecule has 0 spiro atoms. The van der Waals surface area contributed by atoms with Crippen LogP contribution >= 0.6 is 11.3 Å². The SMILES string of the molecule is CCn1c(C)nc2sc(C(=O)NCCN)c(C)c2c1=O. The van der Waals surface area contributed by atoms with E-state index in [2.05, 4.69) is 10.3 Å². The van der Waals surface area contributed by atoms with Gasteiger partial charge in [-0.15, -0.1) is 11.3 Å². The molecule has 0 atom stereocenters. The van der Waals surface area contributed by atoms with E-state index in [0.717, 1.165) is 0 Å². The lowest BCUT2D eigenvalue weighted by Gasteiger charge is -2.05. The van der Waals surface area contributed by atoms with Crippen LogP contribution in [0.5, 0.6) is 0 Å². The highest BCUT2D eigenvalue weighted by Gasteiger charge is 2.19. The third kappa shape index (κ3) is 2.34. The van der Waals surface area contributed by atoms with Crippen LogP contribution in [-0.4, -0.2) is 28.5 Å². The zero-order valence-corrected chi connectivity index (χ0v) is 12.6. The second-order valence-corrected chi connectivity index (χ2v) is 5.49. The van der Waals surface area contributed by atoms with Gasteiger partial charge in [-0.25, -0.2) is 4.98 Å². The Morgan fingerprint density at radius 3 is 2.75 bits per heavy atom. The van der Waals surface area contributed by atoms with E-state index in [1.165, 1.54) is 11.3 Å². The zero-order valence-electron chi connectivity index (χ0n) is 11.8. The number of thiophene rings is 1. The number of nitrogens with one attached hydrogen (secondary N) is 1. The standard InChI is InChI=1S/C13H18N4O2S/c1-4-17-8(3)16-12-9(13(17)19)7(2)10(20-12)11(18)15-6-5-14/h4-6,14H2,1-3H3,(H,15,18). The Morgan fingerprint density at radius 2 is 2.15 bits per heavy atom. The first-order valence-electron chi connectivity index (χ1n) is 6.50. The molecule has 108 valence electrons. The lowest BCUT2D eigenvalue weighted by molar-refractivity contribution is 0.0958. The maximum atomic E-state index is 12.4. The van der Waals surface area contributed by atoms with Gasteiger partial charge in [0.1, 0.15) is 10.7 Å². The molecule has 2 rings (SSSR count). The van der Waals surface area contributed by atoms with Crippen LogP contribution < -0.4 is 16.6 Å². The van der Waals surface area contributed by atoms with Crippen LogP contribution in [0.2, 0.25) is 0 Å². The number of nitrogens with zero attached hydrogens (tertiary/aromatic N) is 2. The van der Waals surface area contributed by atoms with Gasteiger partial charge in [-0.05, 0) is 26.3 Å². The molecule has 2 aromatic rings. The molecule has 2 aromatic heterocycles. The Hall–Kier alpha value is -1.73. The Balaban J connectivity index is 2.62. The summed E-state index contributed by atoms with van der Waals surface area (Å²) < 4.78 is 1.61. The zero-order chi connectivity index (χ0) is 14.9. The van der Waals surface area contributed by atoms with Gasteiger partial charge in [0.05, 0.1) is 10.3 Å². The van der Waals surface area contributed by atoms with Gasteiger partial charge in [0.15, 0.2) is 0 Å². The molecular weight excluding hydrogens is 276 g/mol. The number of hydrogen-bond donors (Lipinski definition) is 2. The van der Waals surface area contributed by atoms with Crippen molar-refractivity contribution < 1.29 is 4.79 Å². The van der Waals surface area contributed by atoms with Crippen molar-refractivity contribution in [2.24, 2.45) is 5.73 Å². The van der Waals surface area contributed by atoms with Crippen molar-refractivity contribution >= 4 is 27.5 Å². The molecular formula is C13H18N4O2S. The maximum absolute atomic E-state index is 12.4. The second-order valence-electron chi connectivity index (χ2n) is 4.49. The minimum Gasteiger partial charge on any atom is -0.350 e. The molecule has 3 N–H and O–H groups in total. The highest BCUT2D eigenvalue weighted by molar-refractivity contribution is 7.20. The molecule has 2 heterocycles. The highest BCUT2D eigenvalue weighted by Crippen LogP contribution is 2.27. The summed E-state index contributed by atoms with van der Waals surface area (Å²) in [6.07, 6.45) is 0. The number of nitrogens with two attached hydrogens (primary N) is 1. The van der Waals surface area contributed by atoms with Gasteiger partial charge in [-0.3, -0.25) is 14.2 Å². The molecule has 0 aromatic carbocycles. The van der Waals surface area contributed by atoms with Crippen molar-refractivity contribution in [3.8, 4) is 0 Å². The Labute approximate surface area is 120 Å². The summed E-state index contributed by atoms with van der Waals surface area (Å²) in [5.74, 6) is 0.469. The first-order valence-corrected chi connectivity index (χ1v) is 7.31. The van der Waals surface area contributed by atoms with Gasteiger partial charge >= 0.3 is 0 Å². The first kappa shape index (κ1) is 14.7. The largest absolute Gasteiger partial charge is 0.350 e. The first-order chi connectivity index (χ1) is 9.51. The normalized spacial score (nSPS) is 11.0. The van der Waals surface area contributed by atoms with Crippen molar-refractivity contribution in [1.82, 2.24) is 14.9 Å². The van der Waals surface area contributed by atoms with Crippen LogP contribution in [0.3, 0.4) is 0 Å². The monoisotopic (exact) mass is 294 g/mol. The van der Waals surface area contributed by atoms with Crippen molar-refractivity contribution in [3.63, 3.8) is 0 Å². The van der Waals surface area contributed by atoms with Crippen LogP contribution in [0.4, 0.5) is 0 Å². The summed E-state index contributed by atoms with van der Waals surface area (Å²) in [4.78, 5) is 30.1. The average molecular weight is 294 g/mol. The molecule has 0 radical (unpaired) electrons. The van der Waals surface area contributed by atoms with Crippen molar-refractivity contribution in [2.45, 2.75) is 27.3 Å². The predicted molar refractivity (Wildman–Crippen MR) is 80.4 cm³/mol. The number of aryl methyl sites for hydroxylation is 2. The van der Waals surface area contributed by atoms with E-state index in [1.807, 2.05) is 6.92 Å². The predicted octanol–water partition coefficient (Wildman–Crippen LogP) is 0.783. The van der Waals surface area contributed by atoms with Gasteiger partial charge < -0.3 is 11.1 Å². The van der Waals surface area contributed by atoms with Gasteiger partial charge in [0.2, 0.25) is 0 Å². The van der Waals surface area contributed by atoms with Gasteiger partial charge in [0, 0.05) is 19.6 Å². The summed E-state index contributed by atoms with van der Waals surface area (Å²) in [5, 5.41) is 3.26. The van der Waals surface area contributed by atoms with Crippen molar-refractivity contribution in [3.05, 3.63) is 26.6 Å². The molecule has 0 aliphatic heterocycles. The minimum atomic E-state index is -0.198. The van der Waals surface area contributed by atoms with E-state index >= 15 is 0 Å². The molecule has 0 unspecified atom stereocenters. The van der Waals surface area contributed by atoms with Gasteiger partial charge in [-0.2, -0.15) is 0 Å².